The average molecular weight is 259 g/mol. The number of hydrogen-bond donors (Lipinski definition) is 1. The van der Waals surface area contributed by atoms with Gasteiger partial charge in [-0.25, -0.2) is 0 Å². The predicted molar refractivity (Wildman–Crippen MR) is 63.6 cm³/mol. The van der Waals surface area contributed by atoms with Crippen LogP contribution in [0.5, 0.6) is 5.75 Å². The quantitative estimate of drug-likeness (QED) is 0.875. The minimum atomic E-state index is -4.66. The lowest BCUT2D eigenvalue weighted by atomic mass is 10.0. The highest BCUT2D eigenvalue weighted by atomic mass is 19.4. The Morgan fingerprint density at radius 3 is 2.44 bits per heavy atom. The van der Waals surface area contributed by atoms with E-state index in [0.29, 0.717) is 5.69 Å². The van der Waals surface area contributed by atoms with E-state index in [1.165, 1.54) is 12.1 Å². The lowest BCUT2D eigenvalue weighted by Gasteiger charge is -2.23. The molecule has 1 aliphatic rings. The van der Waals surface area contributed by atoms with Gasteiger partial charge in [-0.2, -0.15) is 0 Å². The summed E-state index contributed by atoms with van der Waals surface area (Å²) in [6, 6.07) is 6.25. The molecule has 1 unspecified atom stereocenters. The second kappa shape index (κ2) is 4.37. The van der Waals surface area contributed by atoms with Crippen LogP contribution in [0.1, 0.15) is 26.7 Å². The summed E-state index contributed by atoms with van der Waals surface area (Å²) in [5.41, 5.74) is 0.571. The maximum Gasteiger partial charge on any atom is 0.573 e. The topological polar surface area (TPSA) is 21.3 Å². The van der Waals surface area contributed by atoms with Gasteiger partial charge < -0.3 is 10.1 Å². The molecule has 1 fully saturated rings. The van der Waals surface area contributed by atoms with Crippen LogP contribution < -0.4 is 10.1 Å². The minimum absolute atomic E-state index is 0.121. The van der Waals surface area contributed by atoms with Crippen LogP contribution in [0.2, 0.25) is 0 Å². The molecule has 1 aromatic rings. The van der Waals surface area contributed by atoms with Crippen LogP contribution in [-0.4, -0.2) is 12.4 Å². The molecule has 2 nitrogen and oxygen atoms in total. The third-order valence-electron chi connectivity index (χ3n) is 3.57. The number of benzene rings is 1. The zero-order valence-corrected chi connectivity index (χ0v) is 10.3. The van der Waals surface area contributed by atoms with Crippen LogP contribution >= 0.6 is 0 Å². The van der Waals surface area contributed by atoms with Gasteiger partial charge in [0, 0.05) is 6.04 Å². The van der Waals surface area contributed by atoms with Gasteiger partial charge in [-0.15, -0.1) is 13.2 Å². The number of rotatable bonds is 4. The van der Waals surface area contributed by atoms with Crippen molar-refractivity contribution < 1.29 is 17.9 Å². The normalized spacial score (nSPS) is 19.2. The molecule has 2 rings (SSSR count). The monoisotopic (exact) mass is 259 g/mol. The summed E-state index contributed by atoms with van der Waals surface area (Å²) in [6.07, 6.45) is -2.46. The Hall–Kier alpha value is -1.39. The predicted octanol–water partition coefficient (Wildman–Crippen LogP) is 4.19. The van der Waals surface area contributed by atoms with Crippen LogP contribution in [0.3, 0.4) is 0 Å². The standard InChI is InChI=1S/C13H16F3NO/c1-9(12(2)7-8-12)17-10-5-3-4-6-11(10)18-13(14,15)16/h3-6,9,17H,7-8H2,1-2H3. The molecule has 1 aromatic carbocycles. The number of para-hydroxylation sites is 2. The molecule has 0 aliphatic heterocycles. The molecule has 1 aliphatic carbocycles. The van der Waals surface area contributed by atoms with Crippen LogP contribution in [0.15, 0.2) is 24.3 Å². The molecule has 0 bridgehead atoms. The number of ether oxygens (including phenoxy) is 1. The second-order valence-corrected chi connectivity index (χ2v) is 5.06. The highest BCUT2D eigenvalue weighted by Gasteiger charge is 2.42. The lowest BCUT2D eigenvalue weighted by molar-refractivity contribution is -0.274. The molecular formula is C13H16F3NO. The first-order valence-electron chi connectivity index (χ1n) is 5.91. The van der Waals surface area contributed by atoms with Gasteiger partial charge in [0.2, 0.25) is 0 Å². The van der Waals surface area contributed by atoms with Crippen molar-refractivity contribution in [3.8, 4) is 5.75 Å². The van der Waals surface area contributed by atoms with Gasteiger partial charge in [0.05, 0.1) is 5.69 Å². The third-order valence-corrected chi connectivity index (χ3v) is 3.57. The summed E-state index contributed by atoms with van der Waals surface area (Å²) in [5.74, 6) is -0.180. The van der Waals surface area contributed by atoms with Crippen molar-refractivity contribution in [1.82, 2.24) is 0 Å². The first-order valence-corrected chi connectivity index (χ1v) is 5.91. The van der Waals surface area contributed by atoms with Crippen LogP contribution in [0, 0.1) is 5.41 Å². The van der Waals surface area contributed by atoms with Gasteiger partial charge in [-0.3, -0.25) is 0 Å². The summed E-state index contributed by atoms with van der Waals surface area (Å²) < 4.78 is 40.8. The van der Waals surface area contributed by atoms with Crippen molar-refractivity contribution in [2.75, 3.05) is 5.32 Å². The highest BCUT2D eigenvalue weighted by Crippen LogP contribution is 2.49. The fourth-order valence-electron chi connectivity index (χ4n) is 1.84. The maximum atomic E-state index is 12.3. The van der Waals surface area contributed by atoms with E-state index in [2.05, 4.69) is 17.0 Å². The van der Waals surface area contributed by atoms with Crippen molar-refractivity contribution in [1.29, 1.82) is 0 Å². The average Bonchev–Trinajstić information content (AvgIpc) is 2.99. The molecule has 1 saturated carbocycles. The fraction of sp³-hybridized carbons (Fsp3) is 0.538. The third kappa shape index (κ3) is 3.09. The van der Waals surface area contributed by atoms with E-state index in [0.717, 1.165) is 12.8 Å². The highest BCUT2D eigenvalue weighted by molar-refractivity contribution is 5.57. The summed E-state index contributed by atoms with van der Waals surface area (Å²) in [4.78, 5) is 0. The number of halogens is 3. The van der Waals surface area contributed by atoms with Crippen molar-refractivity contribution in [3.05, 3.63) is 24.3 Å². The zero-order chi connectivity index (χ0) is 13.4. The molecule has 0 amide bonds. The maximum absolute atomic E-state index is 12.3. The number of hydrogen-bond acceptors (Lipinski definition) is 2. The molecule has 0 heterocycles. The minimum Gasteiger partial charge on any atom is -0.404 e. The summed E-state index contributed by atoms with van der Waals surface area (Å²) in [6.45, 7) is 4.11. The molecule has 5 heteroatoms. The van der Waals surface area contributed by atoms with Crippen LogP contribution in [0.25, 0.3) is 0 Å². The number of alkyl halides is 3. The first-order chi connectivity index (χ1) is 8.30. The smallest absolute Gasteiger partial charge is 0.404 e. The van der Waals surface area contributed by atoms with Gasteiger partial charge in [-0.05, 0) is 37.3 Å². The van der Waals surface area contributed by atoms with Gasteiger partial charge in [0.1, 0.15) is 0 Å². The second-order valence-electron chi connectivity index (χ2n) is 5.06. The molecular weight excluding hydrogens is 243 g/mol. The first kappa shape index (κ1) is 13.1. The van der Waals surface area contributed by atoms with Crippen molar-refractivity contribution in [2.45, 2.75) is 39.1 Å². The summed E-state index contributed by atoms with van der Waals surface area (Å²) in [5, 5.41) is 3.11. The largest absolute Gasteiger partial charge is 0.573 e. The van der Waals surface area contributed by atoms with E-state index in [9.17, 15) is 13.2 Å². The van der Waals surface area contributed by atoms with E-state index in [-0.39, 0.29) is 17.2 Å². The molecule has 1 N–H and O–H groups in total. The summed E-state index contributed by atoms with van der Waals surface area (Å²) in [7, 11) is 0. The Kier molecular flexibility index (Phi) is 3.17. The Bertz CT molecular complexity index is 426. The Morgan fingerprint density at radius 2 is 1.89 bits per heavy atom. The van der Waals surface area contributed by atoms with E-state index in [1.807, 2.05) is 6.92 Å². The van der Waals surface area contributed by atoms with E-state index in [1.54, 1.807) is 12.1 Å². The van der Waals surface area contributed by atoms with Gasteiger partial charge in [0.25, 0.3) is 0 Å². The number of anilines is 1. The Balaban J connectivity index is 2.12. The van der Waals surface area contributed by atoms with Crippen molar-refractivity contribution in [2.24, 2.45) is 5.41 Å². The molecule has 0 saturated heterocycles. The van der Waals surface area contributed by atoms with Gasteiger partial charge in [0.15, 0.2) is 5.75 Å². The van der Waals surface area contributed by atoms with Gasteiger partial charge in [-0.1, -0.05) is 19.1 Å². The number of nitrogens with one attached hydrogen (secondary N) is 1. The Morgan fingerprint density at radius 1 is 1.28 bits per heavy atom. The van der Waals surface area contributed by atoms with Crippen molar-refractivity contribution in [3.63, 3.8) is 0 Å². The summed E-state index contributed by atoms with van der Waals surface area (Å²) >= 11 is 0. The van der Waals surface area contributed by atoms with E-state index in [4.69, 9.17) is 0 Å². The van der Waals surface area contributed by atoms with Crippen LogP contribution in [0.4, 0.5) is 18.9 Å². The van der Waals surface area contributed by atoms with Gasteiger partial charge >= 0.3 is 6.36 Å². The molecule has 0 aromatic heterocycles. The van der Waals surface area contributed by atoms with Crippen LogP contribution in [-0.2, 0) is 0 Å². The molecule has 1 atom stereocenters. The van der Waals surface area contributed by atoms with E-state index < -0.39 is 6.36 Å². The lowest BCUT2D eigenvalue weighted by Crippen LogP contribution is -2.26. The van der Waals surface area contributed by atoms with Crippen molar-refractivity contribution >= 4 is 5.69 Å². The SMILES string of the molecule is CC(Nc1ccccc1OC(F)(F)F)C1(C)CC1. The van der Waals surface area contributed by atoms with E-state index >= 15 is 0 Å². The molecule has 0 radical (unpaired) electrons. The zero-order valence-electron chi connectivity index (χ0n) is 10.3. The molecule has 0 spiro atoms. The molecule has 18 heavy (non-hydrogen) atoms. The Labute approximate surface area is 104 Å². The fourth-order valence-corrected chi connectivity index (χ4v) is 1.84. The molecule has 100 valence electrons.